The van der Waals surface area contributed by atoms with E-state index in [9.17, 15) is 9.59 Å². The molecule has 2 amide bonds. The molecule has 2 aliphatic heterocycles. The fourth-order valence-electron chi connectivity index (χ4n) is 4.19. The highest BCUT2D eigenvalue weighted by Gasteiger charge is 2.28. The number of fused-ring (bicyclic) bond motifs is 1. The van der Waals surface area contributed by atoms with Gasteiger partial charge in [0.1, 0.15) is 24.7 Å². The molecule has 0 radical (unpaired) electrons. The molecule has 0 aromatic heterocycles. The minimum absolute atomic E-state index is 0.157. The molecule has 2 aliphatic rings. The highest BCUT2D eigenvalue weighted by Crippen LogP contribution is 2.32. The van der Waals surface area contributed by atoms with Gasteiger partial charge in [0.15, 0.2) is 0 Å². The molecular weight excluding hydrogens is 474 g/mol. The topological polar surface area (TPSA) is 114 Å². The number of likely N-dealkylation sites (N-methyl/N-ethyl adjacent to an activating group) is 1. The van der Waals surface area contributed by atoms with Crippen LogP contribution in [-0.4, -0.2) is 83.6 Å². The first-order chi connectivity index (χ1) is 17.9. The van der Waals surface area contributed by atoms with Crippen LogP contribution in [0.25, 0.3) is 0 Å². The maximum absolute atomic E-state index is 13.3. The number of methoxy groups -OCH3 is 1. The van der Waals surface area contributed by atoms with Gasteiger partial charge in [-0.2, -0.15) is 5.10 Å². The summed E-state index contributed by atoms with van der Waals surface area (Å²) in [6.07, 6.45) is 2.35. The van der Waals surface area contributed by atoms with Crippen LogP contribution < -0.4 is 25.5 Å². The molecule has 10 heteroatoms. The molecule has 2 aromatic carbocycles. The van der Waals surface area contributed by atoms with E-state index in [0.29, 0.717) is 48.9 Å². The van der Waals surface area contributed by atoms with Gasteiger partial charge in [0.2, 0.25) is 5.91 Å². The molecule has 198 valence electrons. The Morgan fingerprint density at radius 3 is 2.81 bits per heavy atom. The summed E-state index contributed by atoms with van der Waals surface area (Å²) in [7, 11) is 5.56. The Morgan fingerprint density at radius 2 is 2.05 bits per heavy atom. The van der Waals surface area contributed by atoms with E-state index in [2.05, 4.69) is 21.2 Å². The van der Waals surface area contributed by atoms with E-state index in [1.807, 2.05) is 43.4 Å². The quantitative estimate of drug-likeness (QED) is 0.396. The van der Waals surface area contributed by atoms with Gasteiger partial charge in [-0.15, -0.1) is 0 Å². The first kappa shape index (κ1) is 26.4. The molecule has 0 spiro atoms. The monoisotopic (exact) mass is 509 g/mol. The highest BCUT2D eigenvalue weighted by atomic mass is 16.5. The molecule has 3 N–H and O–H groups in total. The van der Waals surface area contributed by atoms with Crippen molar-refractivity contribution < 1.29 is 23.8 Å². The van der Waals surface area contributed by atoms with Crippen LogP contribution in [0.5, 0.6) is 11.5 Å². The summed E-state index contributed by atoms with van der Waals surface area (Å²) in [5, 5.41) is 9.96. The van der Waals surface area contributed by atoms with Crippen molar-refractivity contribution in [2.24, 2.45) is 11.0 Å². The number of nitrogens with zero attached hydrogens (tertiary/aromatic N) is 2. The van der Waals surface area contributed by atoms with Crippen LogP contribution in [0.3, 0.4) is 0 Å². The summed E-state index contributed by atoms with van der Waals surface area (Å²) in [5.74, 6) is 0.731. The molecule has 10 nitrogen and oxygen atoms in total. The second-order valence-corrected chi connectivity index (χ2v) is 9.43. The fraction of sp³-hybridized carbons (Fsp3) is 0.444. The van der Waals surface area contributed by atoms with Crippen LogP contribution >= 0.6 is 0 Å². The van der Waals surface area contributed by atoms with Gasteiger partial charge in [-0.1, -0.05) is 6.07 Å². The van der Waals surface area contributed by atoms with Crippen LogP contribution in [0.4, 0.5) is 5.69 Å². The standard InChI is InChI=1S/C27H35N5O5/c1-32(2)9-11-36-25-14-18(22-15-29-30-16-22)4-6-23(25)31-27(34)21-13-20-12-19(5-7-24(20)37-17-21)26(33)28-8-10-35-3/h4-7,12,14-15,21-22,30H,8-11,13,16-17H2,1-3H3,(H,28,33)(H,31,34). The summed E-state index contributed by atoms with van der Waals surface area (Å²) >= 11 is 0. The number of anilines is 1. The van der Waals surface area contributed by atoms with E-state index in [1.165, 1.54) is 0 Å². The van der Waals surface area contributed by atoms with Crippen LogP contribution in [-0.2, 0) is 16.0 Å². The Hall–Kier alpha value is -3.63. The fourth-order valence-corrected chi connectivity index (χ4v) is 4.19. The third-order valence-corrected chi connectivity index (χ3v) is 6.34. The lowest BCUT2D eigenvalue weighted by atomic mass is 9.94. The summed E-state index contributed by atoms with van der Waals surface area (Å²) in [6, 6.07) is 11.1. The van der Waals surface area contributed by atoms with Crippen molar-refractivity contribution in [1.82, 2.24) is 15.6 Å². The normalized spacial score (nSPS) is 18.1. The third-order valence-electron chi connectivity index (χ3n) is 6.34. The number of ether oxygens (including phenoxy) is 3. The van der Waals surface area contributed by atoms with E-state index in [1.54, 1.807) is 25.3 Å². The highest BCUT2D eigenvalue weighted by molar-refractivity contribution is 5.96. The van der Waals surface area contributed by atoms with Gasteiger partial charge < -0.3 is 35.2 Å². The number of hydrazone groups is 1. The summed E-state index contributed by atoms with van der Waals surface area (Å²) in [4.78, 5) is 27.7. The largest absolute Gasteiger partial charge is 0.492 e. The maximum Gasteiger partial charge on any atom is 0.251 e. The third kappa shape index (κ3) is 6.99. The molecule has 0 saturated carbocycles. The van der Waals surface area contributed by atoms with Crippen LogP contribution in [0, 0.1) is 5.92 Å². The van der Waals surface area contributed by atoms with Gasteiger partial charge in [0.05, 0.1) is 18.2 Å². The van der Waals surface area contributed by atoms with Crippen molar-refractivity contribution in [3.63, 3.8) is 0 Å². The average molecular weight is 510 g/mol. The van der Waals surface area contributed by atoms with Crippen molar-refractivity contribution in [3.05, 3.63) is 53.1 Å². The number of carbonyl (C=O) groups is 2. The first-order valence-corrected chi connectivity index (χ1v) is 12.5. The predicted octanol–water partition coefficient (Wildman–Crippen LogP) is 1.87. The lowest BCUT2D eigenvalue weighted by Gasteiger charge is -2.25. The lowest BCUT2D eigenvalue weighted by molar-refractivity contribution is -0.121. The Balaban J connectivity index is 1.45. The second kappa shape index (κ2) is 12.6. The van der Waals surface area contributed by atoms with Gasteiger partial charge in [-0.25, -0.2) is 0 Å². The molecule has 0 fully saturated rings. The van der Waals surface area contributed by atoms with E-state index in [0.717, 1.165) is 24.2 Å². The van der Waals surface area contributed by atoms with Gasteiger partial charge >= 0.3 is 0 Å². The molecule has 2 heterocycles. The molecule has 0 aliphatic carbocycles. The number of rotatable bonds is 11. The van der Waals surface area contributed by atoms with Crippen molar-refractivity contribution in [3.8, 4) is 11.5 Å². The molecule has 0 bridgehead atoms. The molecule has 2 aromatic rings. The van der Waals surface area contributed by atoms with Gasteiger partial charge in [0, 0.05) is 44.4 Å². The van der Waals surface area contributed by atoms with Crippen molar-refractivity contribution in [2.75, 3.05) is 66.0 Å². The van der Waals surface area contributed by atoms with E-state index in [4.69, 9.17) is 14.2 Å². The van der Waals surface area contributed by atoms with E-state index in [-0.39, 0.29) is 24.3 Å². The summed E-state index contributed by atoms with van der Waals surface area (Å²) in [6.45, 7) is 3.10. The smallest absolute Gasteiger partial charge is 0.251 e. The zero-order chi connectivity index (χ0) is 26.2. The van der Waals surface area contributed by atoms with Crippen molar-refractivity contribution in [1.29, 1.82) is 0 Å². The first-order valence-electron chi connectivity index (χ1n) is 12.5. The lowest BCUT2D eigenvalue weighted by Crippen LogP contribution is -2.33. The SMILES string of the molecule is COCCNC(=O)c1ccc2c(c1)CC(C(=O)Nc1ccc(C3C=NNC3)cc1OCCN(C)C)CO2. The van der Waals surface area contributed by atoms with E-state index >= 15 is 0 Å². The minimum Gasteiger partial charge on any atom is -0.492 e. The predicted molar refractivity (Wildman–Crippen MR) is 142 cm³/mol. The Morgan fingerprint density at radius 1 is 1.19 bits per heavy atom. The molecule has 2 atom stereocenters. The molecular formula is C27H35N5O5. The van der Waals surface area contributed by atoms with Crippen LogP contribution in [0.15, 0.2) is 41.5 Å². The zero-order valence-corrected chi connectivity index (χ0v) is 21.6. The Bertz CT molecular complexity index is 1140. The van der Waals surface area contributed by atoms with Gasteiger partial charge in [-0.3, -0.25) is 9.59 Å². The number of hydrogen-bond acceptors (Lipinski definition) is 8. The molecule has 4 rings (SSSR count). The number of nitrogens with one attached hydrogen (secondary N) is 3. The molecule has 0 saturated heterocycles. The number of amides is 2. The molecule has 37 heavy (non-hydrogen) atoms. The molecule has 2 unspecified atom stereocenters. The number of carbonyl (C=O) groups excluding carboxylic acids is 2. The number of hydrogen-bond donors (Lipinski definition) is 3. The van der Waals surface area contributed by atoms with Crippen LogP contribution in [0.1, 0.15) is 27.4 Å². The summed E-state index contributed by atoms with van der Waals surface area (Å²) < 4.78 is 16.9. The average Bonchev–Trinajstić information content (AvgIpc) is 3.44. The zero-order valence-electron chi connectivity index (χ0n) is 21.6. The Kier molecular flexibility index (Phi) is 8.97. The maximum atomic E-state index is 13.3. The number of benzene rings is 2. The minimum atomic E-state index is -0.403. The van der Waals surface area contributed by atoms with Gasteiger partial charge in [-0.05, 0) is 62.0 Å². The van der Waals surface area contributed by atoms with Crippen molar-refractivity contribution in [2.45, 2.75) is 12.3 Å². The second-order valence-electron chi connectivity index (χ2n) is 9.43. The summed E-state index contributed by atoms with van der Waals surface area (Å²) in [5.41, 5.74) is 6.02. The van der Waals surface area contributed by atoms with Crippen molar-refractivity contribution >= 4 is 23.7 Å². The van der Waals surface area contributed by atoms with E-state index < -0.39 is 5.92 Å². The van der Waals surface area contributed by atoms with Gasteiger partial charge in [0.25, 0.3) is 5.91 Å². The van der Waals surface area contributed by atoms with Crippen LogP contribution in [0.2, 0.25) is 0 Å². The Labute approximate surface area is 217 Å².